The Balaban J connectivity index is 0.000000229. The number of hydrogen-bond acceptors (Lipinski definition) is 42. The molecule has 0 amide bonds. The summed E-state index contributed by atoms with van der Waals surface area (Å²) >= 11 is 0. The smallest absolute Gasteiger partial charge is 0.377 e. The Bertz CT molecular complexity index is 5210. The third kappa shape index (κ3) is 43.0. The summed E-state index contributed by atoms with van der Waals surface area (Å²) in [5.74, 6) is -7.32. The van der Waals surface area contributed by atoms with Crippen LogP contribution in [0.1, 0.15) is 138 Å². The van der Waals surface area contributed by atoms with Crippen LogP contribution in [0.15, 0.2) is 194 Å². The Morgan fingerprint density at radius 1 is 0.393 bits per heavy atom. The maximum atomic E-state index is 12.3. The number of carbonyl (C=O) groups excluding carboxylic acids is 10. The Labute approximate surface area is 876 Å². The standard InChI is InChI=1S/C16H22BO6P.C14H16O5.C12H13BO3.C12H12O4.C11H11BO4.C11H10O5.C9H18BO5P.C9H18BO4P.C6H8O6/c1-11(2)23-24(3,19)10-21-13-9-20-15(17)14(13)22-16(18)12-7-5-4-6-8-12;1-9-8-17-14(18-10(2)15)12(9)19-13(16)11-6-4-3-5-7-11;1-8-7-15-11(13)10(8)16-12(14)9-5-3-2-4-6-9;1-8-7-15-12(14)10(8)16-11(13)9-5-3-2-4-6-9;12-10-9(8(13)6-15-10)16-11(14)7-4-2-1-3-5-7;12-8-6-15-11(14)9(8)16-10(13)7-4-2-1-3-5-7;1-6(2)15-16(3,12)5-14-7-4-13-9(10)8(7)11;1-7(2)14-15(3,11)6-13-8-4-9(10)12-5-8;7-1-2(8)5-3(9)4(10)6(11)12-5/h4-8,11,13-15H,9-10H2,1-3H3;3-7,9,12,14H,8H2,1-2H3;2-6,8,10-11H,7H2,1H3;2-6,8,10H,7H2,1H3;1-5,8-10,13H,6H2;1-5,8-9,12H,6H2;6-9,11H,4-5H2,1-3H3;7-9H,4-6H2,1-3H3;2,5,7-10H,1H2/t13-,14+,15+,24?;9-,12+,14?;8-,10+,11+;8-,10+;8-,9+,10+;8-,9+;7-,8+,9+,16?;8-,9-,15?;2-,5+/m000000010/s1. The van der Waals surface area contributed by atoms with Crippen LogP contribution in [-0.2, 0) is 136 Å². The first-order valence-corrected chi connectivity index (χ1v) is 54.4. The summed E-state index contributed by atoms with van der Waals surface area (Å²) < 4.78 is 149. The van der Waals surface area contributed by atoms with Crippen LogP contribution in [0.5, 0.6) is 0 Å². The van der Waals surface area contributed by atoms with Crippen LogP contribution in [-0.4, -0.2) is 373 Å². The second kappa shape index (κ2) is 62.8. The van der Waals surface area contributed by atoms with Gasteiger partial charge in [0.05, 0.1) is 135 Å². The van der Waals surface area contributed by atoms with Gasteiger partial charge < -0.3 is 139 Å². The van der Waals surface area contributed by atoms with Gasteiger partial charge in [0.25, 0.3) is 0 Å². The molecule has 0 saturated carbocycles. The molecule has 0 bridgehead atoms. The molecule has 6 aromatic rings. The van der Waals surface area contributed by atoms with Crippen molar-refractivity contribution in [1.82, 2.24) is 0 Å². The van der Waals surface area contributed by atoms with Crippen LogP contribution in [0.3, 0.4) is 0 Å². The molecule has 7 N–H and O–H groups in total. The lowest BCUT2D eigenvalue weighted by Gasteiger charge is -2.24. The zero-order valence-corrected chi connectivity index (χ0v) is 87.9. The lowest BCUT2D eigenvalue weighted by molar-refractivity contribution is -0.180. The minimum atomic E-state index is -2.90. The van der Waals surface area contributed by atoms with E-state index in [9.17, 15) is 77.0 Å². The fourth-order valence-electron chi connectivity index (χ4n) is 14.2. The molecule has 810 valence electrons. The van der Waals surface area contributed by atoms with Gasteiger partial charge >= 0.3 is 59.7 Å². The van der Waals surface area contributed by atoms with Gasteiger partial charge in [0.2, 0.25) is 46.4 Å². The van der Waals surface area contributed by atoms with Gasteiger partial charge in [-0.05, 0) is 121 Å². The van der Waals surface area contributed by atoms with Crippen molar-refractivity contribution in [3.63, 3.8) is 0 Å². The first-order chi connectivity index (χ1) is 70.9. The van der Waals surface area contributed by atoms with Gasteiger partial charge in [-0.15, -0.1) is 0 Å². The van der Waals surface area contributed by atoms with Crippen LogP contribution in [0, 0.1) is 17.8 Å². The SMILES string of the molecule is CC(=O)OC1OC[C@H](C)[C@H]1OC(=O)c1ccccc1.C[C@H]1COC(=O)[C@@H]1OC(=O)c1ccccc1.O=C(O[C@H]1C(=O)OC[C@@H]1O)c1ccccc1.O=C1O[C@H]([C@@H](O)CO)C(O)=C1O.[B][C@@H]1OC[C@H](C)[C@H]1OC(=O)c1ccccc1.[B][C@@H]1OC[C@H](O)[C@H]1OC(=O)c1ccccc1.[B][C@@H]1OC[C@H](OCP(C)(=O)OC(C)C)[C@H]1O.[B][C@@H]1OC[C@H](OCP(C)(=O)OC(C)C)[C@H]1OC(=O)c1ccccc1.[B][C@H]1C[C@@H](OCP(C)(=O)OC(C)C)CO1. The molecule has 0 spiro atoms. The third-order valence-electron chi connectivity index (χ3n) is 21.6. The normalized spacial score (nSPS) is 27.5. The molecule has 50 heteroatoms. The van der Waals surface area contributed by atoms with Gasteiger partial charge in [-0.1, -0.05) is 130 Å². The molecule has 150 heavy (non-hydrogen) atoms. The molecule has 42 nitrogen and oxygen atoms in total. The predicted molar refractivity (Wildman–Crippen MR) is 539 cm³/mol. The van der Waals surface area contributed by atoms with E-state index in [1.807, 2.05) is 52.8 Å². The fraction of sp³-hybridized carbons (Fsp3) is 0.520. The summed E-state index contributed by atoms with van der Waals surface area (Å²) in [6.07, 6.45) is -11.7. The van der Waals surface area contributed by atoms with Crippen molar-refractivity contribution in [3.05, 3.63) is 227 Å². The van der Waals surface area contributed by atoms with Crippen LogP contribution in [0.4, 0.5) is 0 Å². The van der Waals surface area contributed by atoms with Crippen molar-refractivity contribution in [2.75, 3.05) is 98.5 Å². The van der Waals surface area contributed by atoms with Crippen LogP contribution in [0.25, 0.3) is 0 Å². The Kier molecular flexibility index (Phi) is 53.0. The highest BCUT2D eigenvalue weighted by molar-refractivity contribution is 7.58. The van der Waals surface area contributed by atoms with Gasteiger partial charge in [0, 0.05) is 56.7 Å². The molecular formula is C100H128B5O42P3. The molecule has 15 rings (SSSR count). The van der Waals surface area contributed by atoms with Crippen molar-refractivity contribution in [1.29, 1.82) is 0 Å². The average Bonchev–Trinajstić information content (AvgIpc) is 1.70. The van der Waals surface area contributed by atoms with Crippen molar-refractivity contribution in [2.24, 2.45) is 17.8 Å². The van der Waals surface area contributed by atoms with E-state index in [1.54, 1.807) is 198 Å². The molecule has 10 radical (unpaired) electrons. The Morgan fingerprint density at radius 2 is 0.740 bits per heavy atom. The maximum absolute atomic E-state index is 12.3. The van der Waals surface area contributed by atoms with E-state index in [2.05, 4.69) is 9.47 Å². The summed E-state index contributed by atoms with van der Waals surface area (Å²) in [6, 6.07) is 48.5. The monoisotopic (exact) mass is 2150 g/mol. The first-order valence-electron chi connectivity index (χ1n) is 47.7. The highest BCUT2D eigenvalue weighted by Gasteiger charge is 2.46. The molecule has 4 unspecified atom stereocenters. The molecule has 9 heterocycles. The topological polar surface area (TPSA) is 567 Å². The molecule has 0 aliphatic carbocycles. The van der Waals surface area contributed by atoms with Gasteiger partial charge in [0.1, 0.15) is 114 Å². The Morgan fingerprint density at radius 3 is 1.09 bits per heavy atom. The number of carbonyl (C=O) groups is 10. The van der Waals surface area contributed by atoms with Gasteiger partial charge in [0.15, 0.2) is 18.0 Å². The predicted octanol–water partition coefficient (Wildman–Crippen LogP) is 7.90. The first kappa shape index (κ1) is 127. The average molecular weight is 2150 g/mol. The van der Waals surface area contributed by atoms with Gasteiger partial charge in [-0.25, -0.2) is 43.2 Å². The lowest BCUT2D eigenvalue weighted by atomic mass is 9.90. The van der Waals surface area contributed by atoms with E-state index in [0.717, 1.165) is 0 Å². The molecule has 26 atom stereocenters. The number of ether oxygens (including phenoxy) is 19. The largest absolute Gasteiger partial charge is 0.505 e. The van der Waals surface area contributed by atoms with Crippen molar-refractivity contribution in [3.8, 4) is 0 Å². The molecular weight excluding hydrogens is 2020 g/mol. The van der Waals surface area contributed by atoms with Crippen LogP contribution >= 0.6 is 22.1 Å². The zero-order chi connectivity index (χ0) is 111. The van der Waals surface area contributed by atoms with E-state index in [0.29, 0.717) is 66.2 Å². The van der Waals surface area contributed by atoms with E-state index in [4.69, 9.17) is 154 Å². The highest BCUT2D eigenvalue weighted by atomic mass is 31.2. The molecule has 9 aliphatic heterocycles. The van der Waals surface area contributed by atoms with Gasteiger partial charge in [-0.3, -0.25) is 18.5 Å². The molecule has 6 aromatic carbocycles. The van der Waals surface area contributed by atoms with Crippen molar-refractivity contribution in [2.45, 2.75) is 216 Å². The molecule has 8 saturated heterocycles. The Hall–Kier alpha value is -10.3. The number of benzene rings is 6. The van der Waals surface area contributed by atoms with Gasteiger partial charge in [-0.2, -0.15) is 0 Å². The summed E-state index contributed by atoms with van der Waals surface area (Å²) in [5, 5.41) is 63.4. The van der Waals surface area contributed by atoms with Crippen LogP contribution < -0.4 is 0 Å². The van der Waals surface area contributed by atoms with E-state index >= 15 is 0 Å². The van der Waals surface area contributed by atoms with E-state index in [-0.39, 0.29) is 106 Å². The number of cyclic esters (lactones) is 3. The highest BCUT2D eigenvalue weighted by Crippen LogP contribution is 2.47. The lowest BCUT2D eigenvalue weighted by Crippen LogP contribution is -2.37. The zero-order valence-electron chi connectivity index (χ0n) is 85.2. The summed E-state index contributed by atoms with van der Waals surface area (Å²) in [7, 11) is 19.7. The second-order valence-corrected chi connectivity index (χ2v) is 43.6. The summed E-state index contributed by atoms with van der Waals surface area (Å²) in [5.41, 5.74) is 2.61. The number of aliphatic hydroxyl groups is 7. The van der Waals surface area contributed by atoms with E-state index in [1.165, 1.54) is 20.3 Å². The quantitative estimate of drug-likeness (QED) is 0.00974. The van der Waals surface area contributed by atoms with E-state index < -0.39 is 198 Å². The van der Waals surface area contributed by atoms with Crippen molar-refractivity contribution >= 4 is 121 Å². The minimum absolute atomic E-state index is 0.0167. The second-order valence-electron chi connectivity index (χ2n) is 36.2. The van der Waals surface area contributed by atoms with Crippen LogP contribution in [0.2, 0.25) is 0 Å². The number of hydrogen-bond donors (Lipinski definition) is 7. The molecule has 8 fully saturated rings. The van der Waals surface area contributed by atoms with Crippen molar-refractivity contribution < 1.29 is 201 Å². The number of aliphatic hydroxyl groups excluding tert-OH is 7. The minimum Gasteiger partial charge on any atom is -0.505 e. The number of esters is 10. The fourth-order valence-corrected chi connectivity index (χ4v) is 18.5. The maximum Gasteiger partial charge on any atom is 0.377 e. The summed E-state index contributed by atoms with van der Waals surface area (Å²) in [6.45, 7) is 23.8. The molecule has 9 aliphatic rings. The number of rotatable bonds is 30. The third-order valence-corrected chi connectivity index (χ3v) is 26.1. The summed E-state index contributed by atoms with van der Waals surface area (Å²) in [4.78, 5) is 115. The molecule has 0 aromatic heterocycles.